The average Bonchev–Trinajstić information content (AvgIpc) is 2.33. The molecular weight excluding hydrogens is 200 g/mol. The predicted octanol–water partition coefficient (Wildman–Crippen LogP) is 1.73. The minimum atomic E-state index is 0.245. The first-order valence-corrected chi connectivity index (χ1v) is 6.55. The first-order valence-electron chi connectivity index (χ1n) is 6.55. The van der Waals surface area contributed by atoms with Gasteiger partial charge in [0.25, 0.3) is 0 Å². The summed E-state index contributed by atoms with van der Waals surface area (Å²) >= 11 is 0. The molecule has 0 aromatic carbocycles. The molecule has 1 rings (SSSR count). The topological polar surface area (TPSA) is 24.5 Å². The molecule has 1 aliphatic heterocycles. The van der Waals surface area contributed by atoms with E-state index in [2.05, 4.69) is 37.9 Å². The van der Waals surface area contributed by atoms with Gasteiger partial charge in [0.15, 0.2) is 0 Å². The summed E-state index contributed by atoms with van der Waals surface area (Å²) in [6.07, 6.45) is 1.24. The molecule has 0 atom stereocenters. The number of hydrogen-bond acceptors (Lipinski definition) is 3. The molecule has 0 aromatic rings. The lowest BCUT2D eigenvalue weighted by Crippen LogP contribution is -2.47. The van der Waals surface area contributed by atoms with Gasteiger partial charge >= 0.3 is 0 Å². The van der Waals surface area contributed by atoms with Crippen molar-refractivity contribution in [1.29, 1.82) is 0 Å². The normalized spacial score (nSPS) is 22.3. The first-order chi connectivity index (χ1) is 7.49. The Labute approximate surface area is 101 Å². The van der Waals surface area contributed by atoms with E-state index in [0.29, 0.717) is 5.92 Å². The Balaban J connectivity index is 2.19. The third-order valence-corrected chi connectivity index (χ3v) is 2.88. The van der Waals surface area contributed by atoms with Crippen molar-refractivity contribution >= 4 is 0 Å². The smallest absolute Gasteiger partial charge is 0.0593 e. The van der Waals surface area contributed by atoms with Crippen molar-refractivity contribution in [3.63, 3.8) is 0 Å². The zero-order chi connectivity index (χ0) is 12.0. The molecule has 0 saturated carbocycles. The maximum absolute atomic E-state index is 5.64. The Hall–Kier alpha value is -0.120. The Morgan fingerprint density at radius 3 is 2.81 bits per heavy atom. The third kappa shape index (κ3) is 5.83. The molecule has 0 aliphatic carbocycles. The molecule has 0 unspecified atom stereocenters. The molecule has 1 saturated heterocycles. The van der Waals surface area contributed by atoms with Crippen molar-refractivity contribution in [3.8, 4) is 0 Å². The molecule has 0 amide bonds. The van der Waals surface area contributed by atoms with Crippen molar-refractivity contribution in [3.05, 3.63) is 0 Å². The van der Waals surface area contributed by atoms with E-state index in [0.717, 1.165) is 32.8 Å². The van der Waals surface area contributed by atoms with Gasteiger partial charge in [-0.25, -0.2) is 0 Å². The minimum absolute atomic E-state index is 0.245. The maximum Gasteiger partial charge on any atom is 0.0593 e. The number of rotatable bonds is 5. The summed E-state index contributed by atoms with van der Waals surface area (Å²) in [5.74, 6) is 0.641. The van der Waals surface area contributed by atoms with Crippen molar-refractivity contribution in [2.24, 2.45) is 5.92 Å². The van der Waals surface area contributed by atoms with E-state index in [1.807, 2.05) is 0 Å². The van der Waals surface area contributed by atoms with Crippen LogP contribution in [-0.4, -0.2) is 49.8 Å². The second-order valence-corrected chi connectivity index (χ2v) is 5.91. The quantitative estimate of drug-likeness (QED) is 0.725. The van der Waals surface area contributed by atoms with Gasteiger partial charge in [-0.2, -0.15) is 0 Å². The highest BCUT2D eigenvalue weighted by Crippen LogP contribution is 2.09. The molecule has 0 radical (unpaired) electrons. The van der Waals surface area contributed by atoms with Gasteiger partial charge in [-0.05, 0) is 39.3 Å². The lowest BCUT2D eigenvalue weighted by molar-refractivity contribution is 0.0817. The van der Waals surface area contributed by atoms with Gasteiger partial charge in [-0.3, -0.25) is 4.90 Å². The van der Waals surface area contributed by atoms with Crippen LogP contribution in [0.1, 0.15) is 34.1 Å². The Morgan fingerprint density at radius 2 is 2.12 bits per heavy atom. The van der Waals surface area contributed by atoms with E-state index in [9.17, 15) is 0 Å². The van der Waals surface area contributed by atoms with Crippen LogP contribution in [0, 0.1) is 5.92 Å². The molecule has 3 nitrogen and oxygen atoms in total. The SMILES string of the molecule is CC(C)COCCN1CCCNC(C)(C)C1. The standard InChI is InChI=1S/C13H28N2O/c1-12(2)10-16-9-8-15-7-5-6-14-13(3,4)11-15/h12,14H,5-11H2,1-4H3. The lowest BCUT2D eigenvalue weighted by Gasteiger charge is -2.29. The van der Waals surface area contributed by atoms with Crippen LogP contribution in [0.2, 0.25) is 0 Å². The highest BCUT2D eigenvalue weighted by Gasteiger charge is 2.23. The van der Waals surface area contributed by atoms with Gasteiger partial charge in [0.1, 0.15) is 0 Å². The van der Waals surface area contributed by atoms with Crippen LogP contribution in [0.15, 0.2) is 0 Å². The fourth-order valence-corrected chi connectivity index (χ4v) is 2.13. The van der Waals surface area contributed by atoms with E-state index in [1.54, 1.807) is 0 Å². The Kier molecular flexibility index (Phi) is 5.73. The molecule has 1 N–H and O–H groups in total. The van der Waals surface area contributed by atoms with E-state index < -0.39 is 0 Å². The van der Waals surface area contributed by atoms with Gasteiger partial charge in [0.05, 0.1) is 6.61 Å². The summed E-state index contributed by atoms with van der Waals surface area (Å²) in [5, 5.41) is 3.58. The van der Waals surface area contributed by atoms with Gasteiger partial charge in [0, 0.05) is 25.2 Å². The summed E-state index contributed by atoms with van der Waals surface area (Å²) in [5.41, 5.74) is 0.245. The van der Waals surface area contributed by atoms with Crippen molar-refractivity contribution < 1.29 is 4.74 Å². The average molecular weight is 228 g/mol. The number of nitrogens with one attached hydrogen (secondary N) is 1. The third-order valence-electron chi connectivity index (χ3n) is 2.88. The van der Waals surface area contributed by atoms with Crippen LogP contribution >= 0.6 is 0 Å². The summed E-state index contributed by atoms with van der Waals surface area (Å²) in [7, 11) is 0. The molecule has 1 heterocycles. The molecule has 0 spiro atoms. The Bertz CT molecular complexity index is 192. The van der Waals surface area contributed by atoms with Crippen LogP contribution < -0.4 is 5.32 Å². The monoisotopic (exact) mass is 228 g/mol. The van der Waals surface area contributed by atoms with Gasteiger partial charge in [-0.1, -0.05) is 13.8 Å². The van der Waals surface area contributed by atoms with Crippen molar-refractivity contribution in [2.45, 2.75) is 39.7 Å². The van der Waals surface area contributed by atoms with Crippen LogP contribution in [0.3, 0.4) is 0 Å². The zero-order valence-electron chi connectivity index (χ0n) is 11.4. The van der Waals surface area contributed by atoms with Crippen LogP contribution in [0.25, 0.3) is 0 Å². The molecule has 16 heavy (non-hydrogen) atoms. The number of hydrogen-bond donors (Lipinski definition) is 1. The van der Waals surface area contributed by atoms with Crippen LogP contribution in [-0.2, 0) is 4.74 Å². The molecule has 96 valence electrons. The fraction of sp³-hybridized carbons (Fsp3) is 1.00. The molecule has 1 aliphatic rings. The Morgan fingerprint density at radius 1 is 1.38 bits per heavy atom. The van der Waals surface area contributed by atoms with Crippen LogP contribution in [0.4, 0.5) is 0 Å². The van der Waals surface area contributed by atoms with Gasteiger partial charge in [0.2, 0.25) is 0 Å². The van der Waals surface area contributed by atoms with Crippen molar-refractivity contribution in [1.82, 2.24) is 10.2 Å². The number of ether oxygens (including phenoxy) is 1. The first kappa shape index (κ1) is 13.9. The highest BCUT2D eigenvalue weighted by molar-refractivity contribution is 4.84. The molecule has 0 bridgehead atoms. The van der Waals surface area contributed by atoms with E-state index in [1.165, 1.54) is 13.0 Å². The molecule has 0 aromatic heterocycles. The van der Waals surface area contributed by atoms with E-state index >= 15 is 0 Å². The maximum atomic E-state index is 5.64. The van der Waals surface area contributed by atoms with Crippen molar-refractivity contribution in [2.75, 3.05) is 39.4 Å². The second-order valence-electron chi connectivity index (χ2n) is 5.91. The lowest BCUT2D eigenvalue weighted by atomic mass is 10.1. The molecular formula is C13H28N2O. The largest absolute Gasteiger partial charge is 0.380 e. The minimum Gasteiger partial charge on any atom is -0.380 e. The molecule has 3 heteroatoms. The van der Waals surface area contributed by atoms with Gasteiger partial charge < -0.3 is 10.1 Å². The highest BCUT2D eigenvalue weighted by atomic mass is 16.5. The van der Waals surface area contributed by atoms with E-state index in [4.69, 9.17) is 4.74 Å². The predicted molar refractivity (Wildman–Crippen MR) is 68.8 cm³/mol. The summed E-state index contributed by atoms with van der Waals surface area (Å²) in [6.45, 7) is 15.2. The second kappa shape index (κ2) is 6.58. The molecule has 1 fully saturated rings. The summed E-state index contributed by atoms with van der Waals surface area (Å²) in [6, 6.07) is 0. The van der Waals surface area contributed by atoms with E-state index in [-0.39, 0.29) is 5.54 Å². The number of nitrogens with zero attached hydrogens (tertiary/aromatic N) is 1. The van der Waals surface area contributed by atoms with Crippen LogP contribution in [0.5, 0.6) is 0 Å². The zero-order valence-corrected chi connectivity index (χ0v) is 11.4. The fourth-order valence-electron chi connectivity index (χ4n) is 2.13. The summed E-state index contributed by atoms with van der Waals surface area (Å²) in [4.78, 5) is 2.51. The van der Waals surface area contributed by atoms with Gasteiger partial charge in [-0.15, -0.1) is 0 Å². The summed E-state index contributed by atoms with van der Waals surface area (Å²) < 4.78 is 5.64.